The molecule has 0 bridgehead atoms. The largest absolute Gasteiger partial charge is 0.384 e. The van der Waals surface area contributed by atoms with Gasteiger partial charge >= 0.3 is 0 Å². The molecule has 1 N–H and O–H groups in total. The van der Waals surface area contributed by atoms with Crippen molar-refractivity contribution in [2.75, 3.05) is 33.3 Å². The number of hydrogen-bond donors (Lipinski definition) is 1. The molecular weight excluding hydrogens is 288 g/mol. The Balaban J connectivity index is 2.70. The van der Waals surface area contributed by atoms with E-state index in [1.165, 1.54) is 16.2 Å². The number of rotatable bonds is 5. The predicted molar refractivity (Wildman–Crippen MR) is 83.2 cm³/mol. The number of aliphatic hydroxyl groups is 1. The molecule has 0 radical (unpaired) electrons. The molecule has 0 aliphatic carbocycles. The lowest BCUT2D eigenvalue weighted by Gasteiger charge is -2.22. The van der Waals surface area contributed by atoms with Gasteiger partial charge in [-0.2, -0.15) is 0 Å². The first-order valence-corrected chi connectivity index (χ1v) is 7.57. The summed E-state index contributed by atoms with van der Waals surface area (Å²) in [6, 6.07) is 3.42. The van der Waals surface area contributed by atoms with E-state index in [4.69, 9.17) is 5.11 Å². The molecular formula is C15H20N2O3S. The van der Waals surface area contributed by atoms with Gasteiger partial charge in [-0.25, -0.2) is 0 Å². The number of likely N-dealkylation sites (N-methyl/N-ethyl adjacent to an activating group) is 2. The molecule has 2 amide bonds. The minimum atomic E-state index is -0.209. The Morgan fingerprint density at radius 2 is 1.95 bits per heavy atom. The lowest BCUT2D eigenvalue weighted by molar-refractivity contribution is -0.131. The van der Waals surface area contributed by atoms with Crippen LogP contribution in [0.2, 0.25) is 0 Å². The lowest BCUT2D eigenvalue weighted by Crippen LogP contribution is -2.40. The van der Waals surface area contributed by atoms with Crippen molar-refractivity contribution < 1.29 is 14.7 Å². The number of hydrogen-bond acceptors (Lipinski definition) is 4. The van der Waals surface area contributed by atoms with Crippen molar-refractivity contribution in [1.82, 2.24) is 9.80 Å². The van der Waals surface area contributed by atoms with Crippen molar-refractivity contribution in [3.05, 3.63) is 21.9 Å². The van der Waals surface area contributed by atoms with E-state index in [1.807, 2.05) is 13.8 Å². The Bertz CT molecular complexity index is 553. The first-order valence-electron chi connectivity index (χ1n) is 6.76. The van der Waals surface area contributed by atoms with Gasteiger partial charge < -0.3 is 14.9 Å². The van der Waals surface area contributed by atoms with E-state index < -0.39 is 0 Å². The third kappa shape index (κ3) is 4.88. The van der Waals surface area contributed by atoms with Crippen LogP contribution in [-0.2, 0) is 4.79 Å². The summed E-state index contributed by atoms with van der Waals surface area (Å²) in [7, 11) is 1.61. The summed E-state index contributed by atoms with van der Waals surface area (Å²) in [6.45, 7) is 4.95. The molecule has 21 heavy (non-hydrogen) atoms. The first-order chi connectivity index (χ1) is 10.0. The summed E-state index contributed by atoms with van der Waals surface area (Å²) in [5.41, 5.74) is 0. The van der Waals surface area contributed by atoms with Gasteiger partial charge in [0.2, 0.25) is 5.91 Å². The Kier molecular flexibility index (Phi) is 6.92. The topological polar surface area (TPSA) is 60.9 Å². The van der Waals surface area contributed by atoms with Gasteiger partial charge in [0.05, 0.1) is 16.3 Å². The first kappa shape index (κ1) is 17.2. The number of carbonyl (C=O) groups excluding carboxylic acids is 2. The Hall–Kier alpha value is -1.84. The standard InChI is InChI=1S/C15H20N2O3S/c1-4-17(5-2)14(19)11-16(3)15(20)13-9-8-12(21-13)7-6-10-18/h8-9,18H,4-5,10-11H2,1-3H3. The molecule has 0 atom stereocenters. The fourth-order valence-corrected chi connectivity index (χ4v) is 2.66. The van der Waals surface area contributed by atoms with E-state index in [9.17, 15) is 9.59 Å². The number of nitrogens with zero attached hydrogens (tertiary/aromatic N) is 2. The lowest BCUT2D eigenvalue weighted by atomic mass is 10.3. The van der Waals surface area contributed by atoms with Crippen molar-refractivity contribution in [2.24, 2.45) is 0 Å². The number of aliphatic hydroxyl groups excluding tert-OH is 1. The molecule has 0 aliphatic heterocycles. The van der Waals surface area contributed by atoms with E-state index in [-0.39, 0.29) is 25.0 Å². The second kappa shape index (κ2) is 8.45. The van der Waals surface area contributed by atoms with Gasteiger partial charge in [-0.3, -0.25) is 9.59 Å². The summed E-state index contributed by atoms with van der Waals surface area (Å²) in [6.07, 6.45) is 0. The molecule has 0 fully saturated rings. The summed E-state index contributed by atoms with van der Waals surface area (Å²) >= 11 is 1.26. The molecule has 0 aliphatic rings. The molecule has 1 aromatic rings. The Labute approximate surface area is 129 Å². The average Bonchev–Trinajstić information content (AvgIpc) is 2.94. The SMILES string of the molecule is CCN(CC)C(=O)CN(C)C(=O)c1ccc(C#CCO)s1. The third-order valence-electron chi connectivity index (χ3n) is 2.94. The van der Waals surface area contributed by atoms with Crippen molar-refractivity contribution in [3.63, 3.8) is 0 Å². The van der Waals surface area contributed by atoms with Crippen LogP contribution in [0.25, 0.3) is 0 Å². The zero-order valence-corrected chi connectivity index (χ0v) is 13.4. The molecule has 6 heteroatoms. The van der Waals surface area contributed by atoms with Crippen LogP contribution in [0.4, 0.5) is 0 Å². The van der Waals surface area contributed by atoms with Crippen molar-refractivity contribution in [2.45, 2.75) is 13.8 Å². The highest BCUT2D eigenvalue weighted by molar-refractivity contribution is 7.14. The second-order valence-corrected chi connectivity index (χ2v) is 5.43. The van der Waals surface area contributed by atoms with Gasteiger partial charge in [-0.15, -0.1) is 11.3 Å². The minimum absolute atomic E-state index is 0.0623. The van der Waals surface area contributed by atoms with Crippen LogP contribution < -0.4 is 0 Å². The molecule has 1 aromatic heterocycles. The summed E-state index contributed by atoms with van der Waals surface area (Å²) in [5, 5.41) is 8.64. The van der Waals surface area contributed by atoms with Gasteiger partial charge in [0.15, 0.2) is 0 Å². The van der Waals surface area contributed by atoms with Crippen molar-refractivity contribution in [3.8, 4) is 11.8 Å². The maximum Gasteiger partial charge on any atom is 0.264 e. The zero-order chi connectivity index (χ0) is 15.8. The van der Waals surface area contributed by atoms with Crippen LogP contribution in [0.1, 0.15) is 28.4 Å². The van der Waals surface area contributed by atoms with E-state index in [0.29, 0.717) is 18.0 Å². The fraction of sp³-hybridized carbons (Fsp3) is 0.467. The summed E-state index contributed by atoms with van der Waals surface area (Å²) in [4.78, 5) is 28.6. The van der Waals surface area contributed by atoms with Crippen LogP contribution in [0, 0.1) is 11.8 Å². The van der Waals surface area contributed by atoms with E-state index in [1.54, 1.807) is 24.1 Å². The second-order valence-electron chi connectivity index (χ2n) is 4.35. The van der Waals surface area contributed by atoms with Gasteiger partial charge in [-0.05, 0) is 26.0 Å². The number of amides is 2. The van der Waals surface area contributed by atoms with Crippen molar-refractivity contribution >= 4 is 23.2 Å². The average molecular weight is 308 g/mol. The molecule has 1 heterocycles. The zero-order valence-electron chi connectivity index (χ0n) is 12.5. The van der Waals surface area contributed by atoms with Crippen LogP contribution >= 0.6 is 11.3 Å². The highest BCUT2D eigenvalue weighted by Crippen LogP contribution is 2.17. The van der Waals surface area contributed by atoms with E-state index in [2.05, 4.69) is 11.8 Å². The van der Waals surface area contributed by atoms with Crippen LogP contribution in [-0.4, -0.2) is 60.0 Å². The van der Waals surface area contributed by atoms with Crippen LogP contribution in [0.15, 0.2) is 12.1 Å². The smallest absolute Gasteiger partial charge is 0.264 e. The Morgan fingerprint density at radius 1 is 1.29 bits per heavy atom. The molecule has 114 valence electrons. The quantitative estimate of drug-likeness (QED) is 0.827. The highest BCUT2D eigenvalue weighted by Gasteiger charge is 2.18. The summed E-state index contributed by atoms with van der Waals surface area (Å²) < 4.78 is 0. The summed E-state index contributed by atoms with van der Waals surface area (Å²) in [5.74, 6) is 5.04. The number of carbonyl (C=O) groups is 2. The van der Waals surface area contributed by atoms with Crippen LogP contribution in [0.5, 0.6) is 0 Å². The van der Waals surface area contributed by atoms with Gasteiger partial charge in [0.1, 0.15) is 6.61 Å². The van der Waals surface area contributed by atoms with E-state index >= 15 is 0 Å². The molecule has 0 aromatic carbocycles. The van der Waals surface area contributed by atoms with E-state index in [0.717, 1.165) is 4.88 Å². The fourth-order valence-electron chi connectivity index (χ4n) is 1.79. The minimum Gasteiger partial charge on any atom is -0.384 e. The molecule has 0 unspecified atom stereocenters. The van der Waals surface area contributed by atoms with Gasteiger partial charge in [0, 0.05) is 20.1 Å². The van der Waals surface area contributed by atoms with Gasteiger partial charge in [0.25, 0.3) is 5.91 Å². The molecule has 5 nitrogen and oxygen atoms in total. The van der Waals surface area contributed by atoms with Gasteiger partial charge in [-0.1, -0.05) is 11.8 Å². The highest BCUT2D eigenvalue weighted by atomic mass is 32.1. The van der Waals surface area contributed by atoms with Crippen LogP contribution in [0.3, 0.4) is 0 Å². The predicted octanol–water partition coefficient (Wildman–Crippen LogP) is 1.03. The normalized spacial score (nSPS) is 9.71. The maximum absolute atomic E-state index is 12.2. The molecule has 1 rings (SSSR count). The maximum atomic E-state index is 12.2. The number of thiophene rings is 1. The third-order valence-corrected chi connectivity index (χ3v) is 3.93. The molecule has 0 saturated heterocycles. The van der Waals surface area contributed by atoms with Crippen molar-refractivity contribution in [1.29, 1.82) is 0 Å². The Morgan fingerprint density at radius 3 is 2.52 bits per heavy atom. The monoisotopic (exact) mass is 308 g/mol. The molecule has 0 saturated carbocycles. The molecule has 0 spiro atoms.